The first kappa shape index (κ1) is 14.6. The summed E-state index contributed by atoms with van der Waals surface area (Å²) in [6, 6.07) is -0.559. The van der Waals surface area contributed by atoms with Gasteiger partial charge in [0.25, 0.3) is 0 Å². The molecule has 7 heteroatoms. The first-order valence-electron chi connectivity index (χ1n) is 6.34. The Hall–Kier alpha value is -0.790. The lowest BCUT2D eigenvalue weighted by molar-refractivity contribution is -0.363. The number of ether oxygens (including phenoxy) is 1. The quantitative estimate of drug-likeness (QED) is 0.250. The Labute approximate surface area is 116 Å². The number of esters is 1. The first-order chi connectivity index (χ1) is 8.86. The van der Waals surface area contributed by atoms with Crippen LogP contribution in [0.15, 0.2) is 0 Å². The van der Waals surface area contributed by atoms with Crippen LogP contribution in [0.25, 0.3) is 0 Å². The van der Waals surface area contributed by atoms with Crippen molar-refractivity contribution < 1.29 is 24.1 Å². The van der Waals surface area contributed by atoms with Gasteiger partial charge < -0.3 is 9.64 Å². The summed E-state index contributed by atoms with van der Waals surface area (Å²) < 4.78 is 4.83. The van der Waals surface area contributed by atoms with Crippen LogP contribution in [0.2, 0.25) is 0 Å². The van der Waals surface area contributed by atoms with Crippen LogP contribution in [0.4, 0.5) is 0 Å². The van der Waals surface area contributed by atoms with Crippen molar-refractivity contribution in [3.05, 3.63) is 0 Å². The second-order valence-electron chi connectivity index (χ2n) is 5.09. The van der Waals surface area contributed by atoms with Gasteiger partial charge in [0.2, 0.25) is 12.2 Å². The maximum absolute atomic E-state index is 12.2. The van der Waals surface area contributed by atoms with Crippen molar-refractivity contribution in [2.45, 2.75) is 56.6 Å². The molecule has 2 heterocycles. The lowest BCUT2D eigenvalue weighted by atomic mass is 9.98. The number of hydrogen-bond donors (Lipinski definition) is 0. The van der Waals surface area contributed by atoms with Gasteiger partial charge >= 0.3 is 5.97 Å². The minimum atomic E-state index is -0.788. The zero-order valence-electron chi connectivity index (χ0n) is 11.5. The van der Waals surface area contributed by atoms with E-state index in [9.17, 15) is 9.59 Å². The molecule has 2 aliphatic rings. The van der Waals surface area contributed by atoms with E-state index in [1.54, 1.807) is 30.5 Å². The molecule has 0 saturated carbocycles. The molecule has 0 radical (unpaired) electrons. The maximum Gasteiger partial charge on any atom is 0.332 e. The maximum atomic E-state index is 12.2. The fourth-order valence-electron chi connectivity index (χ4n) is 2.37. The Morgan fingerprint density at radius 1 is 1.58 bits per heavy atom. The molecular formula is C12H19NO5S. The Kier molecular flexibility index (Phi) is 4.08. The van der Waals surface area contributed by atoms with E-state index in [1.807, 2.05) is 13.8 Å². The van der Waals surface area contributed by atoms with Crippen LogP contribution in [0, 0.1) is 0 Å². The molecule has 2 aliphatic heterocycles. The summed E-state index contributed by atoms with van der Waals surface area (Å²) in [7, 11) is 0. The summed E-state index contributed by atoms with van der Waals surface area (Å²) in [6.07, 6.45) is -0.285. The number of nitrogens with zero attached hydrogens (tertiary/aromatic N) is 1. The van der Waals surface area contributed by atoms with Crippen LogP contribution in [-0.4, -0.2) is 45.8 Å². The van der Waals surface area contributed by atoms with Crippen molar-refractivity contribution in [1.29, 1.82) is 0 Å². The second-order valence-corrected chi connectivity index (χ2v) is 6.92. The van der Waals surface area contributed by atoms with Crippen molar-refractivity contribution in [2.75, 3.05) is 6.61 Å². The molecule has 108 valence electrons. The molecule has 6 nitrogen and oxygen atoms in total. The van der Waals surface area contributed by atoms with Crippen molar-refractivity contribution in [3.63, 3.8) is 0 Å². The second kappa shape index (κ2) is 5.30. The third kappa shape index (κ3) is 2.73. The van der Waals surface area contributed by atoms with E-state index < -0.39 is 18.3 Å². The van der Waals surface area contributed by atoms with Gasteiger partial charge in [0, 0.05) is 11.7 Å². The largest absolute Gasteiger partial charge is 0.432 e. The summed E-state index contributed by atoms with van der Waals surface area (Å²) in [6.45, 7) is 7.62. The summed E-state index contributed by atoms with van der Waals surface area (Å²) in [4.78, 5) is 35.0. The number of amides is 1. The van der Waals surface area contributed by atoms with Crippen molar-refractivity contribution in [3.8, 4) is 0 Å². The van der Waals surface area contributed by atoms with E-state index in [-0.39, 0.29) is 16.0 Å². The van der Waals surface area contributed by atoms with E-state index >= 15 is 0 Å². The number of carbonyl (C=O) groups excluding carboxylic acids is 2. The highest BCUT2D eigenvalue weighted by Crippen LogP contribution is 2.50. The third-order valence-corrected chi connectivity index (χ3v) is 4.65. The standard InChI is InChI=1S/C12H19NO5S/c1-5-16-18-7(2)17-11(15)10-12(3,4)19-9-6-8(14)13(9)10/h7,9-10H,5-6H2,1-4H3. The Morgan fingerprint density at radius 3 is 2.84 bits per heavy atom. The van der Waals surface area contributed by atoms with Crippen molar-refractivity contribution in [2.24, 2.45) is 0 Å². The Balaban J connectivity index is 1.99. The Bertz CT molecular complexity index is 386. The van der Waals surface area contributed by atoms with Gasteiger partial charge in [-0.15, -0.1) is 11.8 Å². The fraction of sp³-hybridized carbons (Fsp3) is 0.833. The highest BCUT2D eigenvalue weighted by atomic mass is 32.2. The van der Waals surface area contributed by atoms with Gasteiger partial charge in [0.1, 0.15) is 6.04 Å². The molecule has 0 aromatic rings. The molecule has 0 aromatic carbocycles. The number of fused-ring (bicyclic) bond motifs is 1. The molecular weight excluding hydrogens is 270 g/mol. The van der Waals surface area contributed by atoms with Gasteiger partial charge in [-0.1, -0.05) is 0 Å². The molecule has 3 unspecified atom stereocenters. The SMILES string of the molecule is CCOOC(C)OC(=O)C1N2C(=O)CC2SC1(C)C. The Morgan fingerprint density at radius 2 is 2.26 bits per heavy atom. The number of hydrogen-bond acceptors (Lipinski definition) is 6. The van der Waals surface area contributed by atoms with Crippen molar-refractivity contribution >= 4 is 23.6 Å². The van der Waals surface area contributed by atoms with E-state index in [0.29, 0.717) is 13.0 Å². The highest BCUT2D eigenvalue weighted by Gasteiger charge is 2.59. The summed E-state index contributed by atoms with van der Waals surface area (Å²) in [5, 5.41) is 0.100. The van der Waals surface area contributed by atoms with Crippen LogP contribution < -0.4 is 0 Å². The molecule has 0 N–H and O–H groups in total. The molecule has 0 bridgehead atoms. The number of β-lactam (4-membered cyclic amide) rings is 1. The number of carbonyl (C=O) groups is 2. The van der Waals surface area contributed by atoms with E-state index in [4.69, 9.17) is 14.5 Å². The van der Waals surface area contributed by atoms with Gasteiger partial charge in [-0.25, -0.2) is 9.68 Å². The minimum absolute atomic E-state index is 0.00315. The molecule has 2 saturated heterocycles. The van der Waals surface area contributed by atoms with Crippen LogP contribution >= 0.6 is 11.8 Å². The van der Waals surface area contributed by atoms with Gasteiger partial charge in [-0.3, -0.25) is 4.79 Å². The summed E-state index contributed by atoms with van der Waals surface area (Å²) >= 11 is 1.63. The van der Waals surface area contributed by atoms with Crippen LogP contribution in [0.1, 0.15) is 34.1 Å². The number of thioether (sulfide) groups is 1. The molecule has 0 spiro atoms. The minimum Gasteiger partial charge on any atom is -0.432 e. The average Bonchev–Trinajstić information content (AvgIpc) is 2.53. The molecule has 0 aromatic heterocycles. The first-order valence-corrected chi connectivity index (χ1v) is 7.22. The summed E-state index contributed by atoms with van der Waals surface area (Å²) in [5.41, 5.74) is 0. The van der Waals surface area contributed by atoms with E-state index in [1.165, 1.54) is 0 Å². The lowest BCUT2D eigenvalue weighted by Crippen LogP contribution is -2.57. The van der Waals surface area contributed by atoms with E-state index in [0.717, 1.165) is 0 Å². The van der Waals surface area contributed by atoms with Gasteiger partial charge in [0.15, 0.2) is 0 Å². The number of rotatable bonds is 5. The topological polar surface area (TPSA) is 65.1 Å². The van der Waals surface area contributed by atoms with Gasteiger partial charge in [0.05, 0.1) is 18.4 Å². The average molecular weight is 289 g/mol. The molecule has 0 aliphatic carbocycles. The molecule has 19 heavy (non-hydrogen) atoms. The van der Waals surface area contributed by atoms with Crippen LogP contribution in [0.3, 0.4) is 0 Å². The normalized spacial score (nSPS) is 29.7. The zero-order chi connectivity index (χ0) is 14.2. The zero-order valence-corrected chi connectivity index (χ0v) is 12.4. The van der Waals surface area contributed by atoms with Crippen molar-refractivity contribution in [1.82, 2.24) is 4.90 Å². The van der Waals surface area contributed by atoms with Crippen LogP contribution in [0.5, 0.6) is 0 Å². The monoisotopic (exact) mass is 289 g/mol. The third-order valence-electron chi connectivity index (χ3n) is 3.15. The predicted molar refractivity (Wildman–Crippen MR) is 69.0 cm³/mol. The molecule has 1 amide bonds. The molecule has 2 fully saturated rings. The van der Waals surface area contributed by atoms with E-state index in [2.05, 4.69) is 0 Å². The molecule has 2 rings (SSSR count). The van der Waals surface area contributed by atoms with Gasteiger partial charge in [-0.05, 0) is 20.8 Å². The summed E-state index contributed by atoms with van der Waals surface area (Å²) in [5.74, 6) is -0.441. The fourth-order valence-corrected chi connectivity index (χ4v) is 3.99. The van der Waals surface area contributed by atoms with Gasteiger partial charge in [-0.2, -0.15) is 4.89 Å². The van der Waals surface area contributed by atoms with Crippen LogP contribution in [-0.2, 0) is 24.1 Å². The smallest absolute Gasteiger partial charge is 0.332 e. The highest BCUT2D eigenvalue weighted by molar-refractivity contribution is 8.01. The lowest BCUT2D eigenvalue weighted by Gasteiger charge is -2.37. The molecule has 3 atom stereocenters. The predicted octanol–water partition coefficient (Wildman–Crippen LogP) is 1.30.